The Morgan fingerprint density at radius 1 is 1.36 bits per heavy atom. The number of ether oxygens (including phenoxy) is 1. The van der Waals surface area contributed by atoms with Gasteiger partial charge in [-0.05, 0) is 61.0 Å². The van der Waals surface area contributed by atoms with Gasteiger partial charge in [0.2, 0.25) is 0 Å². The van der Waals surface area contributed by atoms with Crippen LogP contribution < -0.4 is 0 Å². The lowest BCUT2D eigenvalue weighted by atomic mass is 9.51. The second-order valence-electron chi connectivity index (χ2n) is 8.73. The minimum absolute atomic E-state index is 0.0327. The largest absolute Gasteiger partial charge is 0.454 e. The molecule has 4 aliphatic rings. The van der Waals surface area contributed by atoms with Crippen LogP contribution in [0.5, 0.6) is 0 Å². The summed E-state index contributed by atoms with van der Waals surface area (Å²) in [6.07, 6.45) is 9.26. The highest BCUT2D eigenvalue weighted by molar-refractivity contribution is 5.67. The van der Waals surface area contributed by atoms with E-state index < -0.39 is 17.5 Å². The lowest BCUT2D eigenvalue weighted by Crippen LogP contribution is -2.47. The monoisotopic (exact) mass is 346 g/mol. The van der Waals surface area contributed by atoms with Gasteiger partial charge in [0.1, 0.15) is 5.83 Å². The second-order valence-corrected chi connectivity index (χ2v) is 8.73. The fraction of sp³-hybridized carbons (Fsp3) is 0.667. The van der Waals surface area contributed by atoms with Crippen LogP contribution in [0.15, 0.2) is 35.2 Å². The number of allylic oxidation sites excluding steroid dienone is 3. The molecule has 4 aliphatic carbocycles. The van der Waals surface area contributed by atoms with E-state index in [4.69, 9.17) is 4.74 Å². The summed E-state index contributed by atoms with van der Waals surface area (Å²) in [6, 6.07) is 0. The number of carbonyl (C=O) groups excluding carboxylic acids is 1. The number of hydrogen-bond donors (Lipinski definition) is 1. The lowest BCUT2D eigenvalue weighted by Gasteiger charge is -2.54. The number of carbonyl (C=O) groups is 1. The molecule has 0 spiro atoms. The molecule has 0 aliphatic heterocycles. The van der Waals surface area contributed by atoms with Crippen LogP contribution in [0.2, 0.25) is 0 Å². The zero-order chi connectivity index (χ0) is 18.0. The molecule has 0 heterocycles. The Bertz CT molecular complexity index is 706. The van der Waals surface area contributed by atoms with Crippen LogP contribution in [0.4, 0.5) is 4.39 Å². The molecule has 4 heteroatoms. The van der Waals surface area contributed by atoms with Crippen LogP contribution in [0.25, 0.3) is 0 Å². The molecule has 25 heavy (non-hydrogen) atoms. The summed E-state index contributed by atoms with van der Waals surface area (Å²) >= 11 is 0. The summed E-state index contributed by atoms with van der Waals surface area (Å²) in [7, 11) is 0. The van der Waals surface area contributed by atoms with Crippen molar-refractivity contribution in [2.24, 2.45) is 22.7 Å². The average Bonchev–Trinajstić information content (AvgIpc) is 2.79. The minimum atomic E-state index is -0.775. The van der Waals surface area contributed by atoms with Crippen LogP contribution in [0, 0.1) is 22.7 Å². The summed E-state index contributed by atoms with van der Waals surface area (Å²) in [6.45, 7) is 5.68. The first kappa shape index (κ1) is 17.0. The van der Waals surface area contributed by atoms with Gasteiger partial charge in [-0.25, -0.2) is 4.39 Å². The van der Waals surface area contributed by atoms with Crippen molar-refractivity contribution in [1.82, 2.24) is 0 Å². The first-order chi connectivity index (χ1) is 11.8. The van der Waals surface area contributed by atoms with E-state index in [-0.39, 0.29) is 17.3 Å². The predicted octanol–water partition coefficient (Wildman–Crippen LogP) is 4.24. The van der Waals surface area contributed by atoms with Crippen LogP contribution in [0.1, 0.15) is 52.9 Å². The van der Waals surface area contributed by atoms with Gasteiger partial charge >= 0.3 is 5.97 Å². The zero-order valence-corrected chi connectivity index (χ0v) is 15.2. The van der Waals surface area contributed by atoms with Crippen LogP contribution in [-0.2, 0) is 9.53 Å². The third-order valence-corrected chi connectivity index (χ3v) is 7.33. The zero-order valence-electron chi connectivity index (χ0n) is 15.2. The molecule has 0 amide bonds. The van der Waals surface area contributed by atoms with Crippen molar-refractivity contribution in [3.05, 3.63) is 35.2 Å². The van der Waals surface area contributed by atoms with Gasteiger partial charge in [0.05, 0.1) is 6.10 Å². The van der Waals surface area contributed by atoms with E-state index in [0.29, 0.717) is 11.8 Å². The Kier molecular flexibility index (Phi) is 3.77. The van der Waals surface area contributed by atoms with E-state index in [1.165, 1.54) is 12.5 Å². The fourth-order valence-electron chi connectivity index (χ4n) is 5.94. The van der Waals surface area contributed by atoms with Crippen molar-refractivity contribution in [3.8, 4) is 0 Å². The number of esters is 1. The van der Waals surface area contributed by atoms with Crippen molar-refractivity contribution >= 4 is 5.97 Å². The molecule has 1 saturated carbocycles. The van der Waals surface area contributed by atoms with Gasteiger partial charge in [-0.3, -0.25) is 4.79 Å². The maximum Gasteiger partial charge on any atom is 0.303 e. The summed E-state index contributed by atoms with van der Waals surface area (Å²) in [5, 5.41) is 10.00. The predicted molar refractivity (Wildman–Crippen MR) is 93.2 cm³/mol. The molecule has 0 aromatic rings. The molecule has 1 fully saturated rings. The average molecular weight is 346 g/mol. The maximum atomic E-state index is 14.6. The van der Waals surface area contributed by atoms with Crippen molar-refractivity contribution in [3.63, 3.8) is 0 Å². The number of rotatable bonds is 1. The van der Waals surface area contributed by atoms with E-state index in [9.17, 15) is 14.3 Å². The van der Waals surface area contributed by atoms with Crippen molar-refractivity contribution in [2.75, 3.05) is 0 Å². The second kappa shape index (κ2) is 5.54. The molecule has 1 N–H and O–H groups in total. The highest BCUT2D eigenvalue weighted by Crippen LogP contribution is 2.62. The number of aliphatic hydroxyl groups excluding tert-OH is 1. The molecule has 136 valence electrons. The standard InChI is InChI=1S/C21H27FO3/c1-12(23)25-19-18(22)11-17-15-5-4-13-10-14(24)6-8-20(13,2)16(15)7-9-21(17,19)3/h6,8,11,13-14,16,19,24H,4-5,7,9-10H2,1-3H3/t13-,14+,16+,19+,20+,21+/m1/s1. The summed E-state index contributed by atoms with van der Waals surface area (Å²) in [5.41, 5.74) is 2.00. The van der Waals surface area contributed by atoms with Gasteiger partial charge in [0.15, 0.2) is 6.10 Å². The molecule has 0 radical (unpaired) electrons. The lowest BCUT2D eigenvalue weighted by molar-refractivity contribution is -0.150. The first-order valence-electron chi connectivity index (χ1n) is 9.41. The molecule has 3 nitrogen and oxygen atoms in total. The Balaban J connectivity index is 1.76. The minimum Gasteiger partial charge on any atom is -0.454 e. The van der Waals surface area contributed by atoms with E-state index in [0.717, 1.165) is 37.7 Å². The number of halogens is 1. The molecule has 0 aromatic carbocycles. The van der Waals surface area contributed by atoms with Gasteiger partial charge < -0.3 is 9.84 Å². The van der Waals surface area contributed by atoms with Gasteiger partial charge in [0.25, 0.3) is 0 Å². The van der Waals surface area contributed by atoms with E-state index in [2.05, 4.69) is 13.0 Å². The number of aliphatic hydroxyl groups is 1. The Morgan fingerprint density at radius 3 is 2.84 bits per heavy atom. The van der Waals surface area contributed by atoms with E-state index in [1.54, 1.807) is 6.08 Å². The Morgan fingerprint density at radius 2 is 2.12 bits per heavy atom. The highest BCUT2D eigenvalue weighted by atomic mass is 19.1. The molecule has 0 unspecified atom stereocenters. The summed E-state index contributed by atoms with van der Waals surface area (Å²) < 4.78 is 20.0. The SMILES string of the molecule is CC(=O)O[C@H]1C(F)=CC2=C3CC[C@@H]4C[C@@H](O)C=C[C@]4(C)[C@H]3CC[C@@]21C. The maximum absolute atomic E-state index is 14.6. The van der Waals surface area contributed by atoms with E-state index >= 15 is 0 Å². The third-order valence-electron chi connectivity index (χ3n) is 7.33. The van der Waals surface area contributed by atoms with Gasteiger partial charge in [-0.2, -0.15) is 0 Å². The molecular formula is C21H27FO3. The van der Waals surface area contributed by atoms with Crippen LogP contribution >= 0.6 is 0 Å². The molecule has 0 saturated heterocycles. The van der Waals surface area contributed by atoms with Crippen molar-refractivity contribution in [2.45, 2.75) is 65.1 Å². The summed E-state index contributed by atoms with van der Waals surface area (Å²) in [4.78, 5) is 11.4. The highest BCUT2D eigenvalue weighted by Gasteiger charge is 2.55. The van der Waals surface area contributed by atoms with Gasteiger partial charge in [-0.15, -0.1) is 0 Å². The Labute approximate surface area is 148 Å². The number of fused-ring (bicyclic) bond motifs is 4. The quantitative estimate of drug-likeness (QED) is 0.571. The van der Waals surface area contributed by atoms with Gasteiger partial charge in [0, 0.05) is 12.3 Å². The smallest absolute Gasteiger partial charge is 0.303 e. The van der Waals surface area contributed by atoms with Crippen LogP contribution in [0.3, 0.4) is 0 Å². The summed E-state index contributed by atoms with van der Waals surface area (Å²) in [5.74, 6) is 0.120. The molecular weight excluding hydrogens is 319 g/mol. The molecule has 0 bridgehead atoms. The van der Waals surface area contributed by atoms with Gasteiger partial charge in [-0.1, -0.05) is 31.6 Å². The normalized spacial score (nSPS) is 45.4. The van der Waals surface area contributed by atoms with E-state index in [1.807, 2.05) is 13.0 Å². The number of hydrogen-bond acceptors (Lipinski definition) is 3. The topological polar surface area (TPSA) is 46.5 Å². The molecule has 6 atom stereocenters. The first-order valence-corrected chi connectivity index (χ1v) is 9.41. The third kappa shape index (κ3) is 2.37. The van der Waals surface area contributed by atoms with Crippen molar-refractivity contribution in [1.29, 1.82) is 0 Å². The Hall–Kier alpha value is -1.42. The molecule has 4 rings (SSSR count). The molecule has 0 aromatic heterocycles. The van der Waals surface area contributed by atoms with Crippen LogP contribution in [-0.4, -0.2) is 23.3 Å². The van der Waals surface area contributed by atoms with Crippen molar-refractivity contribution < 1.29 is 19.0 Å². The fourth-order valence-corrected chi connectivity index (χ4v) is 5.94.